The molecule has 1 rings (SSSR count). The molecule has 0 aromatic carbocycles. The van der Waals surface area contributed by atoms with Crippen molar-refractivity contribution in [2.75, 3.05) is 14.2 Å². The molecule has 0 aliphatic rings. The molecule has 5 nitrogen and oxygen atoms in total. The lowest BCUT2D eigenvalue weighted by Crippen LogP contribution is -2.06. The summed E-state index contributed by atoms with van der Waals surface area (Å²) in [6.07, 6.45) is 0. The Bertz CT molecular complexity index is 197. The molecular weight excluding hydrogens is 132 g/mol. The fourth-order valence-electron chi connectivity index (χ4n) is 0.616. The number of nitrogens with zero attached hydrogens (tertiary/aromatic N) is 2. The predicted octanol–water partition coefficient (Wildman–Crippen LogP) is -0.467. The Morgan fingerprint density at radius 2 is 2.50 bits per heavy atom. The van der Waals surface area contributed by atoms with Crippen LogP contribution in [0.3, 0.4) is 0 Å². The maximum absolute atomic E-state index is 4.76. The zero-order valence-corrected chi connectivity index (χ0v) is 6.01. The van der Waals surface area contributed by atoms with Crippen LogP contribution in [0.5, 0.6) is 6.01 Å². The summed E-state index contributed by atoms with van der Waals surface area (Å²) in [6, 6.07) is 0.380. The lowest BCUT2D eigenvalue weighted by Gasteiger charge is -1.89. The molecule has 0 aliphatic carbocycles. The predicted molar refractivity (Wildman–Crippen MR) is 35.7 cm³/mol. The van der Waals surface area contributed by atoms with Gasteiger partial charge in [-0.05, 0) is 7.05 Å². The quantitative estimate of drug-likeness (QED) is 0.599. The summed E-state index contributed by atoms with van der Waals surface area (Å²) >= 11 is 0. The number of aromatic amines is 1. The Labute approximate surface area is 58.8 Å². The van der Waals surface area contributed by atoms with Crippen molar-refractivity contribution in [1.82, 2.24) is 20.5 Å². The molecule has 2 N–H and O–H groups in total. The van der Waals surface area contributed by atoms with Crippen molar-refractivity contribution in [3.05, 3.63) is 5.82 Å². The van der Waals surface area contributed by atoms with E-state index in [2.05, 4.69) is 20.5 Å². The number of hydrogen-bond acceptors (Lipinski definition) is 4. The van der Waals surface area contributed by atoms with Gasteiger partial charge in [-0.25, -0.2) is 0 Å². The third-order valence-electron chi connectivity index (χ3n) is 1.04. The summed E-state index contributed by atoms with van der Waals surface area (Å²) in [5, 5.41) is 9.40. The monoisotopic (exact) mass is 142 g/mol. The normalized spacial score (nSPS) is 9.80. The Morgan fingerprint density at radius 1 is 1.70 bits per heavy atom. The molecule has 1 aromatic heterocycles. The molecule has 1 aromatic rings. The molecule has 1 heterocycles. The highest BCUT2D eigenvalue weighted by Gasteiger charge is 1.98. The first-order valence-corrected chi connectivity index (χ1v) is 2.96. The van der Waals surface area contributed by atoms with Crippen LogP contribution in [-0.4, -0.2) is 29.3 Å². The van der Waals surface area contributed by atoms with Gasteiger partial charge in [0.1, 0.15) is 5.82 Å². The Hall–Kier alpha value is -1.10. The van der Waals surface area contributed by atoms with Crippen LogP contribution in [0.15, 0.2) is 0 Å². The summed E-state index contributed by atoms with van der Waals surface area (Å²) < 4.78 is 4.76. The van der Waals surface area contributed by atoms with Crippen molar-refractivity contribution in [3.8, 4) is 6.01 Å². The van der Waals surface area contributed by atoms with E-state index in [0.717, 1.165) is 5.82 Å². The minimum absolute atomic E-state index is 0.380. The number of rotatable bonds is 3. The molecule has 0 spiro atoms. The molecule has 0 bridgehead atoms. The summed E-state index contributed by atoms with van der Waals surface area (Å²) in [5.41, 5.74) is 0. The summed E-state index contributed by atoms with van der Waals surface area (Å²) in [6.45, 7) is 0.677. The highest BCUT2D eigenvalue weighted by Crippen LogP contribution is 1.98. The average Bonchev–Trinajstić information content (AvgIpc) is 2.37. The van der Waals surface area contributed by atoms with E-state index < -0.39 is 0 Å². The number of ether oxygens (including phenoxy) is 1. The lowest BCUT2D eigenvalue weighted by atomic mass is 10.6. The highest BCUT2D eigenvalue weighted by molar-refractivity contribution is 4.93. The average molecular weight is 142 g/mol. The van der Waals surface area contributed by atoms with Crippen molar-refractivity contribution in [2.24, 2.45) is 0 Å². The van der Waals surface area contributed by atoms with Crippen molar-refractivity contribution in [1.29, 1.82) is 0 Å². The standard InChI is InChI=1S/C5H10N4O/c1-6-3-4-7-5(10-2)9-8-4/h6H,3H2,1-2H3,(H,7,8,9). The molecule has 0 saturated heterocycles. The van der Waals surface area contributed by atoms with Crippen LogP contribution < -0.4 is 10.1 Å². The molecule has 0 atom stereocenters. The first kappa shape index (κ1) is 7.01. The van der Waals surface area contributed by atoms with E-state index in [4.69, 9.17) is 4.74 Å². The van der Waals surface area contributed by atoms with Crippen LogP contribution in [-0.2, 0) is 6.54 Å². The van der Waals surface area contributed by atoms with Crippen LogP contribution in [0.2, 0.25) is 0 Å². The Morgan fingerprint density at radius 3 is 3.00 bits per heavy atom. The molecule has 5 heteroatoms. The van der Waals surface area contributed by atoms with Gasteiger partial charge in [-0.2, -0.15) is 4.98 Å². The van der Waals surface area contributed by atoms with Gasteiger partial charge in [-0.1, -0.05) is 0 Å². The Kier molecular flexibility index (Phi) is 2.22. The summed E-state index contributed by atoms with van der Waals surface area (Å²) in [5.74, 6) is 0.777. The number of methoxy groups -OCH3 is 1. The van der Waals surface area contributed by atoms with Crippen molar-refractivity contribution in [2.45, 2.75) is 6.54 Å². The smallest absolute Gasteiger partial charge is 0.335 e. The van der Waals surface area contributed by atoms with E-state index in [1.54, 1.807) is 0 Å². The van der Waals surface area contributed by atoms with Gasteiger partial charge >= 0.3 is 6.01 Å². The minimum Gasteiger partial charge on any atom is -0.466 e. The van der Waals surface area contributed by atoms with Crippen LogP contribution in [0, 0.1) is 0 Å². The SMILES string of the molecule is CNCc1nc(OC)n[nH]1. The molecular formula is C5H10N4O. The third kappa shape index (κ3) is 1.44. The maximum Gasteiger partial charge on any atom is 0.335 e. The molecule has 56 valence electrons. The largest absolute Gasteiger partial charge is 0.466 e. The second-order valence-corrected chi connectivity index (χ2v) is 1.80. The van der Waals surface area contributed by atoms with Gasteiger partial charge in [0.05, 0.1) is 13.7 Å². The minimum atomic E-state index is 0.380. The van der Waals surface area contributed by atoms with Gasteiger partial charge in [-0.15, -0.1) is 5.10 Å². The maximum atomic E-state index is 4.76. The molecule has 0 fully saturated rings. The first-order valence-electron chi connectivity index (χ1n) is 2.96. The van der Waals surface area contributed by atoms with E-state index in [1.165, 1.54) is 7.11 Å². The topological polar surface area (TPSA) is 62.8 Å². The van der Waals surface area contributed by atoms with Crippen LogP contribution >= 0.6 is 0 Å². The van der Waals surface area contributed by atoms with E-state index >= 15 is 0 Å². The summed E-state index contributed by atoms with van der Waals surface area (Å²) in [4.78, 5) is 3.97. The second kappa shape index (κ2) is 3.17. The highest BCUT2D eigenvalue weighted by atomic mass is 16.5. The number of hydrogen-bond donors (Lipinski definition) is 2. The van der Waals surface area contributed by atoms with E-state index in [0.29, 0.717) is 12.6 Å². The molecule has 0 saturated carbocycles. The van der Waals surface area contributed by atoms with Crippen molar-refractivity contribution in [3.63, 3.8) is 0 Å². The van der Waals surface area contributed by atoms with Gasteiger partial charge in [0, 0.05) is 0 Å². The van der Waals surface area contributed by atoms with Gasteiger partial charge in [0.25, 0.3) is 0 Å². The molecule has 0 radical (unpaired) electrons. The molecule has 0 amide bonds. The van der Waals surface area contributed by atoms with Crippen molar-refractivity contribution < 1.29 is 4.74 Å². The first-order chi connectivity index (χ1) is 4.86. The fourth-order valence-corrected chi connectivity index (χ4v) is 0.616. The Balaban J connectivity index is 2.59. The molecule has 0 unspecified atom stereocenters. The number of nitrogens with one attached hydrogen (secondary N) is 2. The number of aromatic nitrogens is 3. The van der Waals surface area contributed by atoms with Crippen LogP contribution in [0.1, 0.15) is 5.82 Å². The van der Waals surface area contributed by atoms with E-state index in [-0.39, 0.29) is 0 Å². The third-order valence-corrected chi connectivity index (χ3v) is 1.04. The molecule has 0 aliphatic heterocycles. The van der Waals surface area contributed by atoms with E-state index in [9.17, 15) is 0 Å². The van der Waals surface area contributed by atoms with Crippen LogP contribution in [0.25, 0.3) is 0 Å². The van der Waals surface area contributed by atoms with Gasteiger partial charge < -0.3 is 10.1 Å². The second-order valence-electron chi connectivity index (χ2n) is 1.80. The van der Waals surface area contributed by atoms with Crippen molar-refractivity contribution >= 4 is 0 Å². The number of H-pyrrole nitrogens is 1. The lowest BCUT2D eigenvalue weighted by molar-refractivity contribution is 0.381. The van der Waals surface area contributed by atoms with Gasteiger partial charge in [-0.3, -0.25) is 5.10 Å². The summed E-state index contributed by atoms with van der Waals surface area (Å²) in [7, 11) is 3.38. The molecule has 10 heavy (non-hydrogen) atoms. The van der Waals surface area contributed by atoms with Gasteiger partial charge in [0.2, 0.25) is 0 Å². The zero-order valence-electron chi connectivity index (χ0n) is 6.01. The van der Waals surface area contributed by atoms with E-state index in [1.807, 2.05) is 7.05 Å². The van der Waals surface area contributed by atoms with Gasteiger partial charge in [0.15, 0.2) is 0 Å². The fraction of sp³-hybridized carbons (Fsp3) is 0.600. The van der Waals surface area contributed by atoms with Crippen LogP contribution in [0.4, 0.5) is 0 Å². The zero-order chi connectivity index (χ0) is 7.40.